The van der Waals surface area contributed by atoms with Crippen molar-refractivity contribution in [3.63, 3.8) is 0 Å². The van der Waals surface area contributed by atoms with Gasteiger partial charge in [-0.15, -0.1) is 24.0 Å². The van der Waals surface area contributed by atoms with Crippen molar-refractivity contribution in [2.24, 2.45) is 0 Å². The number of rotatable bonds is 7. The molecule has 164 valence electrons. The second-order valence-corrected chi connectivity index (χ2v) is 8.83. The van der Waals surface area contributed by atoms with Crippen molar-refractivity contribution >= 4 is 35.6 Å². The summed E-state index contributed by atoms with van der Waals surface area (Å²) in [6.07, 6.45) is 3.82. The van der Waals surface area contributed by atoms with Crippen LogP contribution in [0.2, 0.25) is 5.02 Å². The Labute approximate surface area is 208 Å². The highest BCUT2D eigenvalue weighted by molar-refractivity contribution is 14.0. The van der Waals surface area contributed by atoms with E-state index in [1.165, 1.54) is 11.1 Å². The monoisotopic (exact) mass is 547 g/mol. The van der Waals surface area contributed by atoms with Crippen LogP contribution in [0.1, 0.15) is 48.3 Å². The van der Waals surface area contributed by atoms with Gasteiger partial charge in [-0.25, -0.2) is 0 Å². The number of aliphatic hydroxyl groups is 1. The summed E-state index contributed by atoms with van der Waals surface area (Å²) in [5.74, 6) is 0.434. The molecule has 4 heteroatoms. The molecule has 0 aromatic heterocycles. The van der Waals surface area contributed by atoms with Gasteiger partial charge in [-0.1, -0.05) is 84.4 Å². The molecule has 1 aliphatic heterocycles. The number of piperidine rings is 1. The van der Waals surface area contributed by atoms with Gasteiger partial charge in [-0.3, -0.25) is 0 Å². The highest BCUT2D eigenvalue weighted by Crippen LogP contribution is 2.34. The molecule has 4 rings (SSSR count). The Kier molecular flexibility index (Phi) is 8.96. The molecule has 0 bridgehead atoms. The number of benzene rings is 3. The SMILES string of the molecule is I.OC1(c2ccc(Cl)cc2)CCN(CCCC(c2ccccc2)c2ccccc2)CC1. The zero-order valence-corrected chi connectivity index (χ0v) is 20.9. The Balaban J connectivity index is 0.00000272. The molecule has 1 heterocycles. The van der Waals surface area contributed by atoms with Gasteiger partial charge >= 0.3 is 0 Å². The van der Waals surface area contributed by atoms with Gasteiger partial charge in [-0.05, 0) is 61.1 Å². The quantitative estimate of drug-likeness (QED) is 0.327. The minimum Gasteiger partial charge on any atom is -0.385 e. The van der Waals surface area contributed by atoms with E-state index in [4.69, 9.17) is 11.6 Å². The Hall–Kier alpha value is -1.40. The number of likely N-dealkylation sites (tertiary alicyclic amines) is 1. The number of halogens is 2. The first-order valence-corrected chi connectivity index (χ1v) is 11.3. The molecule has 0 atom stereocenters. The summed E-state index contributed by atoms with van der Waals surface area (Å²) in [5.41, 5.74) is 3.04. The molecule has 0 aliphatic carbocycles. The summed E-state index contributed by atoms with van der Waals surface area (Å²) in [6, 6.07) is 29.3. The summed E-state index contributed by atoms with van der Waals surface area (Å²) in [5, 5.41) is 11.8. The molecule has 2 nitrogen and oxygen atoms in total. The molecule has 3 aromatic rings. The van der Waals surface area contributed by atoms with Gasteiger partial charge in [0, 0.05) is 24.0 Å². The lowest BCUT2D eigenvalue weighted by molar-refractivity contribution is -0.0261. The lowest BCUT2D eigenvalue weighted by Gasteiger charge is -2.38. The van der Waals surface area contributed by atoms with Crippen molar-refractivity contribution in [2.45, 2.75) is 37.2 Å². The largest absolute Gasteiger partial charge is 0.385 e. The molecule has 1 fully saturated rings. The Morgan fingerprint density at radius 2 is 1.32 bits per heavy atom. The second-order valence-electron chi connectivity index (χ2n) is 8.40. The average molecular weight is 548 g/mol. The van der Waals surface area contributed by atoms with Crippen molar-refractivity contribution in [1.82, 2.24) is 4.90 Å². The van der Waals surface area contributed by atoms with Crippen LogP contribution in [-0.2, 0) is 5.60 Å². The molecule has 1 N–H and O–H groups in total. The maximum absolute atomic E-state index is 11.1. The molecule has 3 aromatic carbocycles. The smallest absolute Gasteiger partial charge is 0.0920 e. The van der Waals surface area contributed by atoms with Crippen molar-refractivity contribution in [3.8, 4) is 0 Å². The lowest BCUT2D eigenvalue weighted by Crippen LogP contribution is -2.42. The van der Waals surface area contributed by atoms with Crippen molar-refractivity contribution in [1.29, 1.82) is 0 Å². The van der Waals surface area contributed by atoms with Crippen LogP contribution in [0.3, 0.4) is 0 Å². The third-order valence-electron chi connectivity index (χ3n) is 6.44. The second kappa shape index (κ2) is 11.5. The third-order valence-corrected chi connectivity index (χ3v) is 6.69. The molecule has 31 heavy (non-hydrogen) atoms. The van der Waals surface area contributed by atoms with Gasteiger partial charge in [-0.2, -0.15) is 0 Å². The first-order chi connectivity index (χ1) is 14.6. The third kappa shape index (κ3) is 6.32. The number of nitrogens with zero attached hydrogens (tertiary/aromatic N) is 1. The zero-order valence-electron chi connectivity index (χ0n) is 17.8. The Bertz CT molecular complexity index is 869. The Morgan fingerprint density at radius 3 is 1.84 bits per heavy atom. The lowest BCUT2D eigenvalue weighted by atomic mass is 9.84. The van der Waals surface area contributed by atoms with Gasteiger partial charge in [0.05, 0.1) is 5.60 Å². The molecule has 0 radical (unpaired) electrons. The summed E-state index contributed by atoms with van der Waals surface area (Å²) in [6.45, 7) is 2.94. The topological polar surface area (TPSA) is 23.5 Å². The fourth-order valence-electron chi connectivity index (χ4n) is 4.61. The van der Waals surface area contributed by atoms with Crippen LogP contribution in [0.15, 0.2) is 84.9 Å². The summed E-state index contributed by atoms with van der Waals surface area (Å²) < 4.78 is 0. The summed E-state index contributed by atoms with van der Waals surface area (Å²) in [7, 11) is 0. The highest BCUT2D eigenvalue weighted by atomic mass is 127. The molecular formula is C27H31ClINO. The predicted octanol–water partition coefficient (Wildman–Crippen LogP) is 6.85. The highest BCUT2D eigenvalue weighted by Gasteiger charge is 2.33. The van der Waals surface area contributed by atoms with E-state index in [2.05, 4.69) is 65.6 Å². The van der Waals surface area contributed by atoms with Crippen LogP contribution in [0.4, 0.5) is 0 Å². The molecule has 1 aliphatic rings. The van der Waals surface area contributed by atoms with E-state index in [1.54, 1.807) is 0 Å². The summed E-state index contributed by atoms with van der Waals surface area (Å²) in [4.78, 5) is 2.50. The average Bonchev–Trinajstić information content (AvgIpc) is 2.79. The maximum Gasteiger partial charge on any atom is 0.0920 e. The zero-order chi connectivity index (χ0) is 20.8. The first-order valence-electron chi connectivity index (χ1n) is 10.9. The van der Waals surface area contributed by atoms with Gasteiger partial charge in [0.15, 0.2) is 0 Å². The van der Waals surface area contributed by atoms with Crippen LogP contribution in [0.25, 0.3) is 0 Å². The summed E-state index contributed by atoms with van der Waals surface area (Å²) >= 11 is 6.00. The normalized spacial score (nSPS) is 16.1. The standard InChI is InChI=1S/C27H30ClNO.HI/c28-25-15-13-24(14-16-25)27(30)17-20-29(21-18-27)19-7-12-26(22-8-3-1-4-9-22)23-10-5-2-6-11-23;/h1-6,8-11,13-16,26,30H,7,12,17-21H2;1H. The van der Waals surface area contributed by atoms with Crippen LogP contribution in [0, 0.1) is 0 Å². The van der Waals surface area contributed by atoms with E-state index in [1.807, 2.05) is 24.3 Å². The van der Waals surface area contributed by atoms with E-state index in [0.29, 0.717) is 10.9 Å². The van der Waals surface area contributed by atoms with Crippen molar-refractivity contribution in [2.75, 3.05) is 19.6 Å². The maximum atomic E-state index is 11.1. The minimum absolute atomic E-state index is 0. The number of hydrogen-bond acceptors (Lipinski definition) is 2. The molecule has 0 unspecified atom stereocenters. The van der Waals surface area contributed by atoms with E-state index in [9.17, 15) is 5.11 Å². The molecule has 0 saturated carbocycles. The van der Waals surface area contributed by atoms with Crippen LogP contribution >= 0.6 is 35.6 Å². The fourth-order valence-corrected chi connectivity index (χ4v) is 4.74. The molecular weight excluding hydrogens is 517 g/mol. The van der Waals surface area contributed by atoms with Crippen LogP contribution in [0.5, 0.6) is 0 Å². The van der Waals surface area contributed by atoms with Crippen LogP contribution < -0.4 is 0 Å². The van der Waals surface area contributed by atoms with E-state index in [-0.39, 0.29) is 24.0 Å². The molecule has 0 amide bonds. The van der Waals surface area contributed by atoms with E-state index < -0.39 is 5.60 Å². The van der Waals surface area contributed by atoms with Gasteiger partial charge < -0.3 is 10.0 Å². The van der Waals surface area contributed by atoms with Crippen molar-refractivity contribution in [3.05, 3.63) is 107 Å². The minimum atomic E-state index is -0.725. The van der Waals surface area contributed by atoms with E-state index >= 15 is 0 Å². The van der Waals surface area contributed by atoms with Crippen LogP contribution in [-0.4, -0.2) is 29.6 Å². The fraction of sp³-hybridized carbons (Fsp3) is 0.333. The van der Waals surface area contributed by atoms with Gasteiger partial charge in [0.2, 0.25) is 0 Å². The Morgan fingerprint density at radius 1 is 0.806 bits per heavy atom. The van der Waals surface area contributed by atoms with Gasteiger partial charge in [0.25, 0.3) is 0 Å². The van der Waals surface area contributed by atoms with E-state index in [0.717, 1.165) is 50.9 Å². The molecule has 1 saturated heterocycles. The molecule has 0 spiro atoms. The number of hydrogen-bond donors (Lipinski definition) is 1. The predicted molar refractivity (Wildman–Crippen MR) is 140 cm³/mol. The van der Waals surface area contributed by atoms with Crippen molar-refractivity contribution < 1.29 is 5.11 Å². The first kappa shape index (κ1) is 24.2. The van der Waals surface area contributed by atoms with Gasteiger partial charge in [0.1, 0.15) is 0 Å².